The Morgan fingerprint density at radius 3 is 2.82 bits per heavy atom. The van der Waals surface area contributed by atoms with E-state index in [0.29, 0.717) is 11.5 Å². The summed E-state index contributed by atoms with van der Waals surface area (Å²) in [4.78, 5) is 15.8. The average molecular weight is 253 g/mol. The minimum Gasteiger partial charge on any atom is -0.505 e. The van der Waals surface area contributed by atoms with Crippen LogP contribution in [-0.2, 0) is 0 Å². The van der Waals surface area contributed by atoms with E-state index in [4.69, 9.17) is 18.0 Å². The molecule has 0 aliphatic heterocycles. The zero-order valence-electron chi connectivity index (χ0n) is 9.73. The number of thiocarbonyl (C=S) groups is 1. The minimum atomic E-state index is -0.465. The van der Waals surface area contributed by atoms with E-state index < -0.39 is 5.41 Å². The van der Waals surface area contributed by atoms with Gasteiger partial charge in [-0.3, -0.25) is 9.78 Å². The number of aromatic nitrogens is 1. The lowest BCUT2D eigenvalue weighted by Gasteiger charge is -2.23. The van der Waals surface area contributed by atoms with Crippen LogP contribution in [0.1, 0.15) is 24.2 Å². The van der Waals surface area contributed by atoms with E-state index in [1.54, 1.807) is 0 Å². The number of nitrogens with zero attached hydrogens (tertiary/aromatic N) is 1. The van der Waals surface area contributed by atoms with Crippen molar-refractivity contribution in [3.05, 3.63) is 24.0 Å². The van der Waals surface area contributed by atoms with Crippen molar-refractivity contribution in [2.75, 3.05) is 6.54 Å². The predicted octanol–water partition coefficient (Wildman–Crippen LogP) is 0.829. The number of pyridine rings is 1. The number of nitrogens with two attached hydrogens (primary N) is 1. The summed E-state index contributed by atoms with van der Waals surface area (Å²) in [6.07, 6.45) is 2.65. The average Bonchev–Trinajstić information content (AvgIpc) is 2.26. The van der Waals surface area contributed by atoms with Crippen molar-refractivity contribution in [2.24, 2.45) is 11.1 Å². The molecular weight excluding hydrogens is 238 g/mol. The van der Waals surface area contributed by atoms with Crippen molar-refractivity contribution in [1.82, 2.24) is 10.3 Å². The van der Waals surface area contributed by atoms with E-state index in [-0.39, 0.29) is 17.2 Å². The third-order valence-corrected chi connectivity index (χ3v) is 2.96. The number of carbonyl (C=O) groups is 1. The molecule has 5 nitrogen and oxygen atoms in total. The third kappa shape index (κ3) is 3.39. The molecular formula is C11H15N3O2S. The summed E-state index contributed by atoms with van der Waals surface area (Å²) in [6, 6.07) is 1.44. The number of carbonyl (C=O) groups excluding carboxylic acids is 1. The van der Waals surface area contributed by atoms with E-state index in [0.717, 1.165) is 0 Å². The predicted molar refractivity (Wildman–Crippen MR) is 68.8 cm³/mol. The summed E-state index contributed by atoms with van der Waals surface area (Å²) in [5, 5.41) is 12.1. The van der Waals surface area contributed by atoms with Crippen molar-refractivity contribution < 1.29 is 9.90 Å². The van der Waals surface area contributed by atoms with Crippen LogP contribution in [0.3, 0.4) is 0 Å². The Balaban J connectivity index is 2.69. The first-order chi connectivity index (χ1) is 7.84. The molecule has 0 atom stereocenters. The topological polar surface area (TPSA) is 88.2 Å². The summed E-state index contributed by atoms with van der Waals surface area (Å²) in [7, 11) is 0. The zero-order chi connectivity index (χ0) is 13.1. The van der Waals surface area contributed by atoms with Crippen molar-refractivity contribution in [2.45, 2.75) is 13.8 Å². The van der Waals surface area contributed by atoms with E-state index >= 15 is 0 Å². The molecule has 0 radical (unpaired) electrons. The second-order valence-electron chi connectivity index (χ2n) is 4.32. The van der Waals surface area contributed by atoms with Gasteiger partial charge in [-0.25, -0.2) is 0 Å². The van der Waals surface area contributed by atoms with Crippen LogP contribution in [-0.4, -0.2) is 27.5 Å². The highest BCUT2D eigenvalue weighted by Gasteiger charge is 2.22. The molecule has 1 rings (SSSR count). The molecule has 0 saturated carbocycles. The number of aromatic hydroxyl groups is 1. The van der Waals surface area contributed by atoms with Crippen LogP contribution in [0.2, 0.25) is 0 Å². The maximum Gasteiger partial charge on any atom is 0.255 e. The van der Waals surface area contributed by atoms with Crippen molar-refractivity contribution in [1.29, 1.82) is 0 Å². The monoisotopic (exact) mass is 253 g/mol. The number of nitrogens with one attached hydrogen (secondary N) is 1. The van der Waals surface area contributed by atoms with Gasteiger partial charge in [-0.05, 0) is 6.07 Å². The smallest absolute Gasteiger partial charge is 0.255 e. The Morgan fingerprint density at radius 1 is 1.65 bits per heavy atom. The molecule has 0 aliphatic rings. The summed E-state index contributed by atoms with van der Waals surface area (Å²) >= 11 is 4.89. The molecule has 0 spiro atoms. The molecule has 17 heavy (non-hydrogen) atoms. The molecule has 6 heteroatoms. The first-order valence-corrected chi connectivity index (χ1v) is 5.46. The number of hydrogen-bond acceptors (Lipinski definition) is 4. The highest BCUT2D eigenvalue weighted by molar-refractivity contribution is 7.80. The van der Waals surface area contributed by atoms with Gasteiger partial charge in [0, 0.05) is 18.2 Å². The molecule has 1 amide bonds. The first kappa shape index (κ1) is 13.4. The van der Waals surface area contributed by atoms with Crippen LogP contribution < -0.4 is 11.1 Å². The normalized spacial score (nSPS) is 10.9. The largest absolute Gasteiger partial charge is 0.505 e. The lowest BCUT2D eigenvalue weighted by atomic mass is 9.93. The van der Waals surface area contributed by atoms with E-state index in [1.807, 2.05) is 13.8 Å². The summed E-state index contributed by atoms with van der Waals surface area (Å²) in [6.45, 7) is 3.98. The third-order valence-electron chi connectivity index (χ3n) is 2.40. The van der Waals surface area contributed by atoms with Crippen LogP contribution in [0.15, 0.2) is 18.5 Å². The molecule has 4 N–H and O–H groups in total. The highest BCUT2D eigenvalue weighted by Crippen LogP contribution is 2.16. The van der Waals surface area contributed by atoms with Crippen LogP contribution in [0.4, 0.5) is 0 Å². The first-order valence-electron chi connectivity index (χ1n) is 5.05. The lowest BCUT2D eigenvalue weighted by molar-refractivity contribution is 0.0942. The fourth-order valence-electron chi connectivity index (χ4n) is 1.06. The quantitative estimate of drug-likeness (QED) is 0.692. The van der Waals surface area contributed by atoms with Gasteiger partial charge in [0.15, 0.2) is 0 Å². The molecule has 0 unspecified atom stereocenters. The molecule has 0 fully saturated rings. The summed E-state index contributed by atoms with van der Waals surface area (Å²) < 4.78 is 0. The molecule has 1 heterocycles. The molecule has 0 bridgehead atoms. The number of hydrogen-bond donors (Lipinski definition) is 3. The lowest BCUT2D eigenvalue weighted by Crippen LogP contribution is -2.41. The van der Waals surface area contributed by atoms with Gasteiger partial charge in [0.1, 0.15) is 5.75 Å². The van der Waals surface area contributed by atoms with Gasteiger partial charge in [-0.15, -0.1) is 0 Å². The Kier molecular flexibility index (Phi) is 4.01. The summed E-state index contributed by atoms with van der Waals surface area (Å²) in [5.74, 6) is -0.535. The Hall–Kier alpha value is -1.69. The van der Waals surface area contributed by atoms with E-state index in [2.05, 4.69) is 10.3 Å². The van der Waals surface area contributed by atoms with Gasteiger partial charge in [0.05, 0.1) is 16.7 Å². The van der Waals surface area contributed by atoms with Gasteiger partial charge < -0.3 is 16.2 Å². The fraction of sp³-hybridized carbons (Fsp3) is 0.364. The zero-order valence-corrected chi connectivity index (χ0v) is 10.5. The van der Waals surface area contributed by atoms with Gasteiger partial charge in [0.25, 0.3) is 5.91 Å². The molecule has 1 aromatic rings. The highest BCUT2D eigenvalue weighted by atomic mass is 32.1. The van der Waals surface area contributed by atoms with Gasteiger partial charge in [-0.2, -0.15) is 0 Å². The molecule has 0 aromatic carbocycles. The molecule has 1 aromatic heterocycles. The van der Waals surface area contributed by atoms with Crippen LogP contribution in [0.5, 0.6) is 5.75 Å². The maximum absolute atomic E-state index is 11.8. The standard InChI is InChI=1S/C11H15N3O2S/c1-11(2,10(12)17)6-14-9(16)7-3-4-13-5-8(7)15/h3-5,15H,6H2,1-2H3,(H2,12,17)(H,14,16). The summed E-state index contributed by atoms with van der Waals surface area (Å²) in [5.41, 5.74) is 5.26. The second kappa shape index (κ2) is 5.09. The minimum absolute atomic E-state index is 0.155. The molecule has 0 saturated heterocycles. The Labute approximate surface area is 105 Å². The molecule has 92 valence electrons. The van der Waals surface area contributed by atoms with Crippen molar-refractivity contribution in [3.8, 4) is 5.75 Å². The second-order valence-corrected chi connectivity index (χ2v) is 4.76. The van der Waals surface area contributed by atoms with Crippen molar-refractivity contribution in [3.63, 3.8) is 0 Å². The van der Waals surface area contributed by atoms with E-state index in [1.165, 1.54) is 18.5 Å². The van der Waals surface area contributed by atoms with Crippen LogP contribution in [0, 0.1) is 5.41 Å². The van der Waals surface area contributed by atoms with Crippen LogP contribution in [0.25, 0.3) is 0 Å². The van der Waals surface area contributed by atoms with Crippen molar-refractivity contribution >= 4 is 23.1 Å². The van der Waals surface area contributed by atoms with Gasteiger partial charge in [-0.1, -0.05) is 26.1 Å². The Morgan fingerprint density at radius 2 is 2.29 bits per heavy atom. The fourth-order valence-corrected chi connectivity index (χ4v) is 1.13. The van der Waals surface area contributed by atoms with Crippen LogP contribution >= 0.6 is 12.2 Å². The van der Waals surface area contributed by atoms with Gasteiger partial charge >= 0.3 is 0 Å². The number of amides is 1. The van der Waals surface area contributed by atoms with E-state index in [9.17, 15) is 9.90 Å². The van der Waals surface area contributed by atoms with Gasteiger partial charge in [0.2, 0.25) is 0 Å². The SMILES string of the molecule is CC(C)(CNC(=O)c1ccncc1O)C(N)=S. The Bertz CT molecular complexity index is 446. The maximum atomic E-state index is 11.8. The molecule has 0 aliphatic carbocycles. The number of rotatable bonds is 4.